The maximum absolute atomic E-state index is 12.1. The molecule has 4 rings (SSSR count). The van der Waals surface area contributed by atoms with E-state index in [2.05, 4.69) is 21.4 Å². The second kappa shape index (κ2) is 7.78. The zero-order valence-corrected chi connectivity index (χ0v) is 16.7. The smallest absolute Gasteiger partial charge is 0.272 e. The lowest BCUT2D eigenvalue weighted by Crippen LogP contribution is -2.13. The van der Waals surface area contributed by atoms with Gasteiger partial charge in [0, 0.05) is 24.5 Å². The molecule has 0 atom stereocenters. The summed E-state index contributed by atoms with van der Waals surface area (Å²) in [6, 6.07) is 15.6. The molecule has 0 unspecified atom stereocenters. The van der Waals surface area contributed by atoms with Crippen molar-refractivity contribution in [3.63, 3.8) is 0 Å². The monoisotopic (exact) mass is 396 g/mol. The average Bonchev–Trinajstić information content (AvgIpc) is 3.12. The lowest BCUT2D eigenvalue weighted by Gasteiger charge is -2.07. The van der Waals surface area contributed by atoms with Crippen LogP contribution in [0.25, 0.3) is 33.5 Å². The Labute approximate surface area is 173 Å². The number of nitrogens with one attached hydrogen (secondary N) is 1. The number of hydrogen-bond acceptors (Lipinski definition) is 5. The fraction of sp³-hybridized carbons (Fsp3) is 0.130. The van der Waals surface area contributed by atoms with Gasteiger partial charge in [-0.1, -0.05) is 35.9 Å². The highest BCUT2D eigenvalue weighted by atomic mass is 16.1. The van der Waals surface area contributed by atoms with Crippen LogP contribution in [0.3, 0.4) is 0 Å². The van der Waals surface area contributed by atoms with Crippen LogP contribution >= 0.6 is 0 Å². The van der Waals surface area contributed by atoms with Gasteiger partial charge in [0.05, 0.1) is 34.6 Å². The molecule has 7 nitrogen and oxygen atoms in total. The van der Waals surface area contributed by atoms with E-state index in [1.165, 1.54) is 0 Å². The van der Waals surface area contributed by atoms with E-state index in [9.17, 15) is 10.1 Å². The van der Waals surface area contributed by atoms with Crippen LogP contribution in [0.1, 0.15) is 22.5 Å². The zero-order valence-electron chi connectivity index (χ0n) is 16.7. The number of nitriles is 1. The number of benzene rings is 2. The second-order valence-electron chi connectivity index (χ2n) is 7.07. The molecular weight excluding hydrogens is 376 g/mol. The van der Waals surface area contributed by atoms with Gasteiger partial charge in [-0.05, 0) is 36.3 Å². The van der Waals surface area contributed by atoms with Gasteiger partial charge in [-0.15, -0.1) is 0 Å². The Kier molecular flexibility index (Phi) is 5.00. The van der Waals surface area contributed by atoms with Crippen LogP contribution in [0, 0.1) is 18.3 Å². The van der Waals surface area contributed by atoms with Gasteiger partial charge in [-0.2, -0.15) is 15.5 Å². The summed E-state index contributed by atoms with van der Waals surface area (Å²) < 4.78 is 1.73. The van der Waals surface area contributed by atoms with E-state index in [4.69, 9.17) is 5.73 Å². The molecule has 0 aliphatic rings. The van der Waals surface area contributed by atoms with Gasteiger partial charge in [0.15, 0.2) is 0 Å². The number of aromatic nitrogens is 4. The molecule has 3 N–H and O–H groups in total. The Morgan fingerprint density at radius 2 is 2.10 bits per heavy atom. The molecule has 0 fully saturated rings. The molecule has 2 aromatic heterocycles. The third kappa shape index (κ3) is 3.41. The standard InChI is InChI=1S/C23H20N6O/c1-14-4-3-5-15(8-14)17(11-24)10-22-20(13-26-29(22)2)16-6-7-18-19(9-16)21(12-25)27-28-23(18)30/h3-10,13H,12,25H2,1-2H3,(H,28,30)/b17-10+. The third-order valence-electron chi connectivity index (χ3n) is 5.09. The van der Waals surface area contributed by atoms with Gasteiger partial charge in [0.25, 0.3) is 5.56 Å². The van der Waals surface area contributed by atoms with E-state index < -0.39 is 0 Å². The van der Waals surface area contributed by atoms with Crippen LogP contribution in [0.2, 0.25) is 0 Å². The first kappa shape index (κ1) is 19.3. The highest BCUT2D eigenvalue weighted by Crippen LogP contribution is 2.29. The number of rotatable bonds is 4. The summed E-state index contributed by atoms with van der Waals surface area (Å²) in [6.07, 6.45) is 3.59. The maximum Gasteiger partial charge on any atom is 0.272 e. The van der Waals surface area contributed by atoms with Crippen molar-refractivity contribution in [1.82, 2.24) is 20.0 Å². The highest BCUT2D eigenvalue weighted by molar-refractivity contribution is 5.94. The molecule has 0 radical (unpaired) electrons. The lowest BCUT2D eigenvalue weighted by atomic mass is 9.99. The molecule has 148 valence electrons. The quantitative estimate of drug-likeness (QED) is 0.515. The molecule has 2 heterocycles. The SMILES string of the molecule is Cc1cccc(/C(C#N)=C/c2c(-c3ccc4c(=O)[nH]nc(CN)c4c3)cnn2C)c1. The molecule has 30 heavy (non-hydrogen) atoms. The lowest BCUT2D eigenvalue weighted by molar-refractivity contribution is 0.760. The van der Waals surface area contributed by atoms with Crippen molar-refractivity contribution in [2.24, 2.45) is 12.8 Å². The Morgan fingerprint density at radius 3 is 2.83 bits per heavy atom. The molecule has 0 aliphatic carbocycles. The summed E-state index contributed by atoms with van der Waals surface area (Å²) in [5.74, 6) is 0. The number of hydrogen-bond donors (Lipinski definition) is 2. The van der Waals surface area contributed by atoms with Crippen molar-refractivity contribution in [3.05, 3.63) is 81.5 Å². The van der Waals surface area contributed by atoms with Crippen molar-refractivity contribution in [2.45, 2.75) is 13.5 Å². The molecule has 0 spiro atoms. The molecule has 2 aromatic carbocycles. The summed E-state index contributed by atoms with van der Waals surface area (Å²) >= 11 is 0. The molecule has 4 aromatic rings. The summed E-state index contributed by atoms with van der Waals surface area (Å²) in [5.41, 5.74) is 11.1. The normalized spacial score (nSPS) is 11.6. The first-order valence-electron chi connectivity index (χ1n) is 9.44. The summed E-state index contributed by atoms with van der Waals surface area (Å²) in [7, 11) is 1.83. The topological polar surface area (TPSA) is 113 Å². The number of nitrogens with two attached hydrogens (primary N) is 1. The average molecular weight is 396 g/mol. The van der Waals surface area contributed by atoms with Gasteiger partial charge in [-0.25, -0.2) is 5.10 Å². The molecule has 0 saturated heterocycles. The Balaban J connectivity index is 1.89. The van der Waals surface area contributed by atoms with Gasteiger partial charge < -0.3 is 5.73 Å². The molecule has 0 bridgehead atoms. The molecule has 7 heteroatoms. The minimum Gasteiger partial charge on any atom is -0.325 e. The Bertz CT molecular complexity index is 1390. The van der Waals surface area contributed by atoms with Crippen molar-refractivity contribution in [1.29, 1.82) is 5.26 Å². The largest absolute Gasteiger partial charge is 0.325 e. The van der Waals surface area contributed by atoms with E-state index >= 15 is 0 Å². The first-order chi connectivity index (χ1) is 14.5. The molecule has 0 saturated carbocycles. The van der Waals surface area contributed by atoms with Crippen LogP contribution in [0.4, 0.5) is 0 Å². The van der Waals surface area contributed by atoms with Gasteiger partial charge in [0.1, 0.15) is 0 Å². The fourth-order valence-electron chi connectivity index (χ4n) is 3.51. The van der Waals surface area contributed by atoms with Crippen molar-refractivity contribution in [3.8, 4) is 17.2 Å². The first-order valence-corrected chi connectivity index (χ1v) is 9.44. The Hall–Kier alpha value is -4.02. The van der Waals surface area contributed by atoms with Gasteiger partial charge >= 0.3 is 0 Å². The second-order valence-corrected chi connectivity index (χ2v) is 7.07. The van der Waals surface area contributed by atoms with E-state index in [1.54, 1.807) is 16.9 Å². The predicted octanol–water partition coefficient (Wildman–Crippen LogP) is 3.15. The van der Waals surface area contributed by atoms with E-state index in [-0.39, 0.29) is 12.1 Å². The maximum atomic E-state index is 12.1. The van der Waals surface area contributed by atoms with Crippen molar-refractivity contribution < 1.29 is 0 Å². The molecule has 0 amide bonds. The summed E-state index contributed by atoms with van der Waals surface area (Å²) in [6.45, 7) is 2.20. The minimum absolute atomic E-state index is 0.211. The summed E-state index contributed by atoms with van der Waals surface area (Å²) in [5, 5.41) is 21.9. The minimum atomic E-state index is -0.258. The van der Waals surface area contributed by atoms with E-state index in [0.717, 1.165) is 27.9 Å². The van der Waals surface area contributed by atoms with Crippen LogP contribution < -0.4 is 11.3 Å². The number of nitrogens with zero attached hydrogens (tertiary/aromatic N) is 4. The van der Waals surface area contributed by atoms with Gasteiger partial charge in [0.2, 0.25) is 0 Å². The molecular formula is C23H20N6O. The van der Waals surface area contributed by atoms with Crippen molar-refractivity contribution in [2.75, 3.05) is 0 Å². The van der Waals surface area contributed by atoms with Crippen LogP contribution in [-0.4, -0.2) is 20.0 Å². The number of H-pyrrole nitrogens is 1. The number of aromatic amines is 1. The van der Waals surface area contributed by atoms with Crippen LogP contribution in [0.5, 0.6) is 0 Å². The molecule has 0 aliphatic heterocycles. The van der Waals surface area contributed by atoms with Crippen LogP contribution in [-0.2, 0) is 13.6 Å². The van der Waals surface area contributed by atoms with E-state index in [1.807, 2.05) is 56.4 Å². The number of fused-ring (bicyclic) bond motifs is 1. The highest BCUT2D eigenvalue weighted by Gasteiger charge is 2.14. The number of allylic oxidation sites excluding steroid dienone is 1. The summed E-state index contributed by atoms with van der Waals surface area (Å²) in [4.78, 5) is 12.1. The zero-order chi connectivity index (χ0) is 21.3. The van der Waals surface area contributed by atoms with Crippen LogP contribution in [0.15, 0.2) is 53.5 Å². The predicted molar refractivity (Wildman–Crippen MR) is 117 cm³/mol. The Morgan fingerprint density at radius 1 is 1.27 bits per heavy atom. The third-order valence-corrected chi connectivity index (χ3v) is 5.09. The fourth-order valence-corrected chi connectivity index (χ4v) is 3.51. The van der Waals surface area contributed by atoms with Crippen molar-refractivity contribution >= 4 is 22.4 Å². The van der Waals surface area contributed by atoms with Gasteiger partial charge in [-0.3, -0.25) is 9.48 Å². The van der Waals surface area contributed by atoms with E-state index in [0.29, 0.717) is 22.0 Å². The number of aryl methyl sites for hydroxylation is 2.